The van der Waals surface area contributed by atoms with E-state index >= 15 is 0 Å². The standard InChI is InChI=1S/C18H16N6O3S/c25-18-10-12-9-14(4-5-15(12)21-18)28(26,27)24-17-7-6-16(22-23-17)20-11-13-3-1-2-8-19-13/h1-9H,10-11H2,(H,20,22)(H,21,25)(H,23,24). The average molecular weight is 396 g/mol. The van der Waals surface area contributed by atoms with Gasteiger partial charge < -0.3 is 10.6 Å². The van der Waals surface area contributed by atoms with Gasteiger partial charge in [0.05, 0.1) is 23.6 Å². The number of hydrogen-bond donors (Lipinski definition) is 3. The van der Waals surface area contributed by atoms with Gasteiger partial charge in [0.2, 0.25) is 5.91 Å². The fourth-order valence-corrected chi connectivity index (χ4v) is 3.78. The molecule has 0 bridgehead atoms. The van der Waals surface area contributed by atoms with E-state index in [1.807, 2.05) is 18.2 Å². The molecule has 1 aromatic carbocycles. The Bertz CT molecular complexity index is 1120. The van der Waals surface area contributed by atoms with Gasteiger partial charge in [-0.1, -0.05) is 6.07 Å². The molecule has 10 heteroatoms. The van der Waals surface area contributed by atoms with Crippen molar-refractivity contribution in [3.63, 3.8) is 0 Å². The van der Waals surface area contributed by atoms with Gasteiger partial charge in [0, 0.05) is 11.9 Å². The quantitative estimate of drug-likeness (QED) is 0.580. The minimum absolute atomic E-state index is 0.0573. The highest BCUT2D eigenvalue weighted by molar-refractivity contribution is 7.92. The zero-order valence-corrected chi connectivity index (χ0v) is 15.4. The van der Waals surface area contributed by atoms with Crippen molar-refractivity contribution in [1.29, 1.82) is 0 Å². The molecule has 0 fully saturated rings. The zero-order chi connectivity index (χ0) is 19.6. The van der Waals surface area contributed by atoms with Crippen molar-refractivity contribution in [3.05, 3.63) is 66.0 Å². The van der Waals surface area contributed by atoms with Crippen LogP contribution in [0.1, 0.15) is 11.3 Å². The van der Waals surface area contributed by atoms with Crippen molar-refractivity contribution < 1.29 is 13.2 Å². The molecule has 3 heterocycles. The number of pyridine rings is 1. The van der Waals surface area contributed by atoms with E-state index in [0.29, 0.717) is 23.6 Å². The van der Waals surface area contributed by atoms with Gasteiger partial charge in [0.1, 0.15) is 5.82 Å². The first kappa shape index (κ1) is 17.9. The highest BCUT2D eigenvalue weighted by atomic mass is 32.2. The number of carbonyl (C=O) groups excluding carboxylic acids is 1. The Labute approximate surface area is 161 Å². The van der Waals surface area contributed by atoms with Crippen molar-refractivity contribution in [2.24, 2.45) is 0 Å². The number of fused-ring (bicyclic) bond motifs is 1. The monoisotopic (exact) mass is 396 g/mol. The second kappa shape index (κ2) is 7.24. The summed E-state index contributed by atoms with van der Waals surface area (Å²) in [4.78, 5) is 15.7. The minimum atomic E-state index is -3.84. The molecule has 4 rings (SSSR count). The lowest BCUT2D eigenvalue weighted by atomic mass is 10.2. The Kier molecular flexibility index (Phi) is 4.62. The van der Waals surface area contributed by atoms with Crippen molar-refractivity contribution >= 4 is 33.3 Å². The Morgan fingerprint density at radius 3 is 2.61 bits per heavy atom. The summed E-state index contributed by atoms with van der Waals surface area (Å²) in [5.74, 6) is 0.436. The predicted molar refractivity (Wildman–Crippen MR) is 103 cm³/mol. The molecule has 0 atom stereocenters. The van der Waals surface area contributed by atoms with Gasteiger partial charge in [-0.2, -0.15) is 0 Å². The lowest BCUT2D eigenvalue weighted by molar-refractivity contribution is -0.115. The van der Waals surface area contributed by atoms with Gasteiger partial charge in [0.25, 0.3) is 10.0 Å². The number of anilines is 3. The van der Waals surface area contributed by atoms with Crippen LogP contribution < -0.4 is 15.4 Å². The molecule has 9 nitrogen and oxygen atoms in total. The van der Waals surface area contributed by atoms with Gasteiger partial charge in [-0.3, -0.25) is 14.5 Å². The molecule has 3 N–H and O–H groups in total. The van der Waals surface area contributed by atoms with E-state index in [2.05, 4.69) is 30.5 Å². The van der Waals surface area contributed by atoms with Gasteiger partial charge in [-0.05, 0) is 48.0 Å². The summed E-state index contributed by atoms with van der Waals surface area (Å²) >= 11 is 0. The molecule has 0 spiro atoms. The number of aromatic nitrogens is 3. The first-order valence-corrected chi connectivity index (χ1v) is 9.91. The first-order chi connectivity index (χ1) is 13.5. The van der Waals surface area contributed by atoms with Gasteiger partial charge in [-0.15, -0.1) is 10.2 Å². The largest absolute Gasteiger partial charge is 0.363 e. The third-order valence-electron chi connectivity index (χ3n) is 4.09. The Morgan fingerprint density at radius 1 is 1.04 bits per heavy atom. The van der Waals surface area contributed by atoms with Crippen LogP contribution in [0, 0.1) is 0 Å². The number of sulfonamides is 1. The minimum Gasteiger partial charge on any atom is -0.363 e. The number of carbonyl (C=O) groups is 1. The highest BCUT2D eigenvalue weighted by Gasteiger charge is 2.22. The topological polar surface area (TPSA) is 126 Å². The lowest BCUT2D eigenvalue weighted by Gasteiger charge is -2.09. The van der Waals surface area contributed by atoms with E-state index in [1.54, 1.807) is 18.3 Å². The zero-order valence-electron chi connectivity index (χ0n) is 14.6. The molecule has 0 saturated carbocycles. The van der Waals surface area contributed by atoms with Crippen LogP contribution in [0.2, 0.25) is 0 Å². The maximum atomic E-state index is 12.6. The molecular weight excluding hydrogens is 380 g/mol. The number of rotatable bonds is 6. The maximum absolute atomic E-state index is 12.6. The van der Waals surface area contributed by atoms with Crippen molar-refractivity contribution in [2.45, 2.75) is 17.9 Å². The van der Waals surface area contributed by atoms with Crippen LogP contribution in [0.25, 0.3) is 0 Å². The Balaban J connectivity index is 1.43. The number of amides is 1. The molecule has 0 aliphatic carbocycles. The molecule has 1 aliphatic rings. The smallest absolute Gasteiger partial charge is 0.263 e. The second-order valence-electron chi connectivity index (χ2n) is 6.13. The summed E-state index contributed by atoms with van der Waals surface area (Å²) in [5.41, 5.74) is 2.12. The molecule has 2 aromatic heterocycles. The Morgan fingerprint density at radius 2 is 1.86 bits per heavy atom. The number of hydrogen-bond acceptors (Lipinski definition) is 7. The van der Waals surface area contributed by atoms with Crippen LogP contribution in [0.5, 0.6) is 0 Å². The molecule has 1 amide bonds. The van der Waals surface area contributed by atoms with Crippen molar-refractivity contribution in [2.75, 3.05) is 15.4 Å². The van der Waals surface area contributed by atoms with E-state index in [-0.39, 0.29) is 23.0 Å². The third-order valence-corrected chi connectivity index (χ3v) is 5.44. The molecule has 3 aromatic rings. The van der Waals surface area contributed by atoms with Crippen LogP contribution in [-0.2, 0) is 27.8 Å². The van der Waals surface area contributed by atoms with Crippen LogP contribution in [0.3, 0.4) is 0 Å². The van der Waals surface area contributed by atoms with Crippen LogP contribution in [0.15, 0.2) is 59.6 Å². The van der Waals surface area contributed by atoms with Gasteiger partial charge in [-0.25, -0.2) is 8.42 Å². The molecule has 0 saturated heterocycles. The van der Waals surface area contributed by atoms with Crippen LogP contribution >= 0.6 is 0 Å². The predicted octanol–water partition coefficient (Wildman–Crippen LogP) is 1.78. The van der Waals surface area contributed by atoms with Crippen molar-refractivity contribution in [1.82, 2.24) is 15.2 Å². The second-order valence-corrected chi connectivity index (χ2v) is 7.81. The molecule has 1 aliphatic heterocycles. The van der Waals surface area contributed by atoms with E-state index in [9.17, 15) is 13.2 Å². The lowest BCUT2D eigenvalue weighted by Crippen LogP contribution is -2.15. The van der Waals surface area contributed by atoms with E-state index in [1.165, 1.54) is 18.2 Å². The Hall–Kier alpha value is -3.53. The molecule has 0 radical (unpaired) electrons. The summed E-state index contributed by atoms with van der Waals surface area (Å²) in [6.45, 7) is 0.475. The summed E-state index contributed by atoms with van der Waals surface area (Å²) < 4.78 is 27.5. The fourth-order valence-electron chi connectivity index (χ4n) is 2.73. The normalized spacial score (nSPS) is 12.9. The summed E-state index contributed by atoms with van der Waals surface area (Å²) in [7, 11) is -3.84. The van der Waals surface area contributed by atoms with Crippen LogP contribution in [-0.4, -0.2) is 29.5 Å². The van der Waals surface area contributed by atoms with E-state index in [0.717, 1.165) is 5.69 Å². The fraction of sp³-hybridized carbons (Fsp3) is 0.111. The number of benzene rings is 1. The van der Waals surface area contributed by atoms with E-state index in [4.69, 9.17) is 0 Å². The summed E-state index contributed by atoms with van der Waals surface area (Å²) in [5, 5.41) is 13.6. The molecule has 142 valence electrons. The third kappa shape index (κ3) is 3.91. The summed E-state index contributed by atoms with van der Waals surface area (Å²) in [6, 6.07) is 13.2. The average Bonchev–Trinajstić information content (AvgIpc) is 3.07. The summed E-state index contributed by atoms with van der Waals surface area (Å²) in [6.07, 6.45) is 1.86. The molecule has 28 heavy (non-hydrogen) atoms. The van der Waals surface area contributed by atoms with Gasteiger partial charge in [0.15, 0.2) is 5.82 Å². The van der Waals surface area contributed by atoms with Gasteiger partial charge >= 0.3 is 0 Å². The molecular formula is C18H16N6O3S. The van der Waals surface area contributed by atoms with E-state index < -0.39 is 10.0 Å². The highest BCUT2D eigenvalue weighted by Crippen LogP contribution is 2.26. The molecule has 0 unspecified atom stereocenters. The maximum Gasteiger partial charge on any atom is 0.263 e. The van der Waals surface area contributed by atoms with Crippen molar-refractivity contribution in [3.8, 4) is 0 Å². The number of nitrogens with zero attached hydrogens (tertiary/aromatic N) is 3. The first-order valence-electron chi connectivity index (χ1n) is 8.43. The number of nitrogens with one attached hydrogen (secondary N) is 3. The van der Waals surface area contributed by atoms with Crippen LogP contribution in [0.4, 0.5) is 17.3 Å². The SMILES string of the molecule is O=C1Cc2cc(S(=O)(=O)Nc3ccc(NCc4ccccn4)nn3)ccc2N1.